The molecule has 0 spiro atoms. The monoisotopic (exact) mass is 310 g/mol. The number of hydrogen-bond donors (Lipinski definition) is 0. The van der Waals surface area contributed by atoms with Crippen LogP contribution in [-0.4, -0.2) is 37.1 Å². The number of hydrogen-bond acceptors (Lipinski definition) is 4. The van der Waals surface area contributed by atoms with Crippen molar-refractivity contribution in [2.75, 3.05) is 20.6 Å². The lowest BCUT2D eigenvalue weighted by atomic mass is 10.1. The maximum atomic E-state index is 12.0. The third-order valence-corrected chi connectivity index (χ3v) is 3.21. The van der Waals surface area contributed by atoms with Gasteiger partial charge in [0.25, 0.3) is 0 Å². The van der Waals surface area contributed by atoms with E-state index in [1.807, 2.05) is 19.0 Å². The molecule has 0 bridgehead atoms. The fourth-order valence-corrected chi connectivity index (χ4v) is 2.00. The number of ketones is 2. The number of carbonyl (C=O) groups is 2. The number of pyridine rings is 1. The third-order valence-electron chi connectivity index (χ3n) is 3.21. The number of allylic oxidation sites excluding steroid dienone is 1. The molecule has 0 aliphatic carbocycles. The van der Waals surface area contributed by atoms with Gasteiger partial charge in [0.05, 0.1) is 6.54 Å². The lowest BCUT2D eigenvalue weighted by Gasteiger charge is -2.08. The Morgan fingerprint density at radius 3 is 2.22 bits per heavy atom. The van der Waals surface area contributed by atoms with Crippen LogP contribution in [0.4, 0.5) is 0 Å². The summed E-state index contributed by atoms with van der Waals surface area (Å²) in [5.41, 5.74) is 1.92. The van der Waals surface area contributed by atoms with E-state index in [-0.39, 0.29) is 11.6 Å². The minimum atomic E-state index is -0.182. The quantitative estimate of drug-likeness (QED) is 0.354. The standard InChI is InChI=1S/C18H18N2O3/c1-19(2)13-18(22)15-6-3-14(4-7-15)5-8-17(21)16-9-11-20(23)12-10-16/h3-12H,13H2,1-2H3/b8-5+. The van der Waals surface area contributed by atoms with Gasteiger partial charge in [0, 0.05) is 23.3 Å². The van der Waals surface area contributed by atoms with Crippen LogP contribution >= 0.6 is 0 Å². The van der Waals surface area contributed by atoms with Crippen LogP contribution in [0, 0.1) is 5.21 Å². The second-order valence-electron chi connectivity index (χ2n) is 5.43. The van der Waals surface area contributed by atoms with Crippen molar-refractivity contribution in [1.29, 1.82) is 0 Å². The van der Waals surface area contributed by atoms with Gasteiger partial charge in [-0.1, -0.05) is 30.3 Å². The highest BCUT2D eigenvalue weighted by atomic mass is 16.5. The van der Waals surface area contributed by atoms with Crippen molar-refractivity contribution in [3.63, 3.8) is 0 Å². The SMILES string of the molecule is CN(C)CC(=O)c1ccc(/C=C/C(=O)c2cc[n+]([O-])cc2)cc1. The second-order valence-corrected chi connectivity index (χ2v) is 5.43. The summed E-state index contributed by atoms with van der Waals surface area (Å²) < 4.78 is 0.629. The summed E-state index contributed by atoms with van der Waals surface area (Å²) in [6.45, 7) is 0.362. The van der Waals surface area contributed by atoms with Crippen LogP contribution in [-0.2, 0) is 0 Å². The Balaban J connectivity index is 2.04. The largest absolute Gasteiger partial charge is 0.619 e. The number of likely N-dealkylation sites (N-methyl/N-ethyl adjacent to an activating group) is 1. The first-order chi connectivity index (χ1) is 11.0. The summed E-state index contributed by atoms with van der Waals surface area (Å²) >= 11 is 0. The van der Waals surface area contributed by atoms with E-state index < -0.39 is 0 Å². The molecule has 0 atom stereocenters. The van der Waals surface area contributed by atoms with Crippen molar-refractivity contribution in [3.05, 3.63) is 76.8 Å². The Morgan fingerprint density at radius 2 is 1.65 bits per heavy atom. The highest BCUT2D eigenvalue weighted by Crippen LogP contribution is 2.09. The molecule has 0 unspecified atom stereocenters. The lowest BCUT2D eigenvalue weighted by molar-refractivity contribution is -0.605. The van der Waals surface area contributed by atoms with Crippen molar-refractivity contribution in [1.82, 2.24) is 4.90 Å². The number of rotatable bonds is 6. The van der Waals surface area contributed by atoms with E-state index in [4.69, 9.17) is 0 Å². The van der Waals surface area contributed by atoms with Crippen molar-refractivity contribution in [2.45, 2.75) is 0 Å². The first-order valence-electron chi connectivity index (χ1n) is 7.15. The van der Waals surface area contributed by atoms with E-state index >= 15 is 0 Å². The van der Waals surface area contributed by atoms with Gasteiger partial charge in [-0.3, -0.25) is 9.59 Å². The lowest BCUT2D eigenvalue weighted by Crippen LogP contribution is -2.24. The van der Waals surface area contributed by atoms with Crippen LogP contribution in [0.3, 0.4) is 0 Å². The normalized spacial score (nSPS) is 11.1. The van der Waals surface area contributed by atoms with Crippen LogP contribution in [0.5, 0.6) is 0 Å². The van der Waals surface area contributed by atoms with Gasteiger partial charge in [0.15, 0.2) is 24.0 Å². The van der Waals surface area contributed by atoms with Gasteiger partial charge >= 0.3 is 0 Å². The summed E-state index contributed by atoms with van der Waals surface area (Å²) in [6, 6.07) is 10.0. The predicted octanol–water partition coefficient (Wildman–Crippen LogP) is 1.96. The molecule has 0 fully saturated rings. The molecule has 23 heavy (non-hydrogen) atoms. The summed E-state index contributed by atoms with van der Waals surface area (Å²) in [5.74, 6) is -0.129. The summed E-state index contributed by atoms with van der Waals surface area (Å²) in [5, 5.41) is 10.9. The molecular formula is C18H18N2O3. The van der Waals surface area contributed by atoms with Crippen LogP contribution in [0.25, 0.3) is 6.08 Å². The molecule has 2 aromatic rings. The molecule has 1 aromatic carbocycles. The molecule has 0 saturated carbocycles. The topological polar surface area (TPSA) is 64.3 Å². The molecule has 0 amide bonds. The van der Waals surface area contributed by atoms with E-state index in [9.17, 15) is 14.8 Å². The number of aromatic nitrogens is 1. The average molecular weight is 310 g/mol. The van der Waals surface area contributed by atoms with Gasteiger partial charge in [-0.2, -0.15) is 4.73 Å². The molecule has 1 aromatic heterocycles. The summed E-state index contributed by atoms with van der Waals surface area (Å²) in [6.07, 6.45) is 5.69. The fraction of sp³-hybridized carbons (Fsp3) is 0.167. The maximum Gasteiger partial charge on any atom is 0.186 e. The molecule has 5 nitrogen and oxygen atoms in total. The van der Waals surface area contributed by atoms with Gasteiger partial charge in [-0.25, -0.2) is 0 Å². The molecule has 2 rings (SSSR count). The van der Waals surface area contributed by atoms with Gasteiger partial charge in [-0.05, 0) is 25.7 Å². The van der Waals surface area contributed by atoms with Crippen molar-refractivity contribution in [3.8, 4) is 0 Å². The first-order valence-corrected chi connectivity index (χ1v) is 7.15. The van der Waals surface area contributed by atoms with E-state index in [0.29, 0.717) is 22.4 Å². The minimum absolute atomic E-state index is 0.0526. The first kappa shape index (κ1) is 16.6. The predicted molar refractivity (Wildman–Crippen MR) is 88.1 cm³/mol. The number of carbonyl (C=O) groups excluding carboxylic acids is 2. The highest BCUT2D eigenvalue weighted by Gasteiger charge is 2.06. The van der Waals surface area contributed by atoms with E-state index in [2.05, 4.69) is 0 Å². The van der Waals surface area contributed by atoms with Gasteiger partial charge < -0.3 is 10.1 Å². The van der Waals surface area contributed by atoms with E-state index in [1.54, 1.807) is 30.3 Å². The Kier molecular flexibility index (Phi) is 5.38. The molecule has 1 heterocycles. The van der Waals surface area contributed by atoms with Gasteiger partial charge in [0.1, 0.15) is 0 Å². The molecule has 118 valence electrons. The number of Topliss-reactive ketones (excluding diaryl/α,β-unsaturated/α-hetero) is 1. The zero-order valence-corrected chi connectivity index (χ0v) is 13.1. The molecule has 5 heteroatoms. The van der Waals surface area contributed by atoms with E-state index in [1.165, 1.54) is 30.6 Å². The second kappa shape index (κ2) is 7.47. The molecular weight excluding hydrogens is 292 g/mol. The van der Waals surface area contributed by atoms with Crippen molar-refractivity contribution < 1.29 is 14.3 Å². The van der Waals surface area contributed by atoms with E-state index in [0.717, 1.165) is 5.56 Å². The smallest absolute Gasteiger partial charge is 0.186 e. The Bertz CT molecular complexity index is 717. The Labute approximate surface area is 135 Å². The summed E-state index contributed by atoms with van der Waals surface area (Å²) in [4.78, 5) is 25.7. The van der Waals surface area contributed by atoms with Crippen molar-refractivity contribution >= 4 is 17.6 Å². The minimum Gasteiger partial charge on any atom is -0.619 e. The molecule has 0 saturated heterocycles. The van der Waals surface area contributed by atoms with Gasteiger partial charge in [-0.15, -0.1) is 0 Å². The zero-order chi connectivity index (χ0) is 16.8. The van der Waals surface area contributed by atoms with Gasteiger partial charge in [0.2, 0.25) is 0 Å². The molecule has 0 aliphatic rings. The molecule has 0 N–H and O–H groups in total. The third kappa shape index (κ3) is 4.86. The zero-order valence-electron chi connectivity index (χ0n) is 13.1. The van der Waals surface area contributed by atoms with Crippen LogP contribution in [0.1, 0.15) is 26.3 Å². The summed E-state index contributed by atoms with van der Waals surface area (Å²) in [7, 11) is 3.69. The van der Waals surface area contributed by atoms with Crippen LogP contribution in [0.2, 0.25) is 0 Å². The van der Waals surface area contributed by atoms with Crippen molar-refractivity contribution in [2.24, 2.45) is 0 Å². The number of benzene rings is 1. The number of nitrogens with zero attached hydrogens (tertiary/aromatic N) is 2. The van der Waals surface area contributed by atoms with Crippen LogP contribution < -0.4 is 4.73 Å². The van der Waals surface area contributed by atoms with Crippen LogP contribution in [0.15, 0.2) is 54.9 Å². The highest BCUT2D eigenvalue weighted by molar-refractivity contribution is 6.06. The Hall–Kier alpha value is -2.79. The average Bonchev–Trinajstić information content (AvgIpc) is 2.53. The Morgan fingerprint density at radius 1 is 1.04 bits per heavy atom. The molecule has 0 aliphatic heterocycles. The maximum absolute atomic E-state index is 12.0. The molecule has 0 radical (unpaired) electrons. The fourth-order valence-electron chi connectivity index (χ4n) is 2.00.